The molecule has 9 nitrogen and oxygen atoms in total. The Balaban J connectivity index is 2.06. The fourth-order valence-electron chi connectivity index (χ4n) is 3.59. The van der Waals surface area contributed by atoms with E-state index in [1.807, 2.05) is 25.1 Å². The van der Waals surface area contributed by atoms with Crippen molar-refractivity contribution in [2.75, 3.05) is 13.9 Å². The van der Waals surface area contributed by atoms with Crippen LogP contribution in [0.4, 0.5) is 0 Å². The molecule has 0 spiro atoms. The summed E-state index contributed by atoms with van der Waals surface area (Å²) in [6.07, 6.45) is 1.78. The first-order chi connectivity index (χ1) is 16.6. The van der Waals surface area contributed by atoms with E-state index >= 15 is 0 Å². The summed E-state index contributed by atoms with van der Waals surface area (Å²) in [6, 6.07) is 10.6. The summed E-state index contributed by atoms with van der Waals surface area (Å²) in [5.74, 6) is -1.17. The topological polar surface area (TPSA) is 113 Å². The first-order valence-electron chi connectivity index (χ1n) is 11.5. The molecule has 190 valence electrons. The van der Waals surface area contributed by atoms with Gasteiger partial charge in [-0.05, 0) is 31.7 Å². The van der Waals surface area contributed by atoms with Crippen molar-refractivity contribution in [3.63, 3.8) is 0 Å². The zero-order valence-corrected chi connectivity index (χ0v) is 21.1. The van der Waals surface area contributed by atoms with Crippen LogP contribution in [0.1, 0.15) is 50.7 Å². The molecule has 0 aliphatic rings. The Kier molecular flexibility index (Phi) is 10.5. The number of methoxy groups -OCH3 is 1. The molecule has 1 amide bonds. The van der Waals surface area contributed by atoms with Gasteiger partial charge in [0.05, 0.1) is 7.11 Å². The van der Waals surface area contributed by atoms with E-state index in [4.69, 9.17) is 18.9 Å². The van der Waals surface area contributed by atoms with Gasteiger partial charge in [-0.25, -0.2) is 9.78 Å². The number of nitrogens with zero attached hydrogens (tertiary/aromatic N) is 1. The van der Waals surface area contributed by atoms with Crippen molar-refractivity contribution in [1.82, 2.24) is 10.3 Å². The molecule has 0 aliphatic heterocycles. The van der Waals surface area contributed by atoms with Gasteiger partial charge in [0.1, 0.15) is 12.1 Å². The van der Waals surface area contributed by atoms with Gasteiger partial charge in [-0.2, -0.15) is 0 Å². The van der Waals surface area contributed by atoms with Crippen molar-refractivity contribution in [3.05, 3.63) is 53.9 Å². The highest BCUT2D eigenvalue weighted by molar-refractivity contribution is 5.98. The van der Waals surface area contributed by atoms with Crippen molar-refractivity contribution < 1.29 is 33.3 Å². The highest BCUT2D eigenvalue weighted by Crippen LogP contribution is 2.29. The third-order valence-electron chi connectivity index (χ3n) is 5.55. The minimum Gasteiger partial charge on any atom is -0.493 e. The number of carbonyl (C=O) groups is 3. The van der Waals surface area contributed by atoms with E-state index in [9.17, 15) is 14.4 Å². The summed E-state index contributed by atoms with van der Waals surface area (Å²) >= 11 is 0. The molecule has 1 N–H and O–H groups in total. The minimum atomic E-state index is -0.941. The summed E-state index contributed by atoms with van der Waals surface area (Å²) in [5, 5.41) is 2.59. The zero-order valence-electron chi connectivity index (χ0n) is 21.1. The lowest BCUT2D eigenvalue weighted by atomic mass is 9.85. The Morgan fingerprint density at radius 2 is 1.71 bits per heavy atom. The number of esters is 2. The van der Waals surface area contributed by atoms with E-state index in [1.54, 1.807) is 0 Å². The second-order valence-electron chi connectivity index (χ2n) is 8.52. The van der Waals surface area contributed by atoms with Crippen LogP contribution < -0.4 is 14.8 Å². The van der Waals surface area contributed by atoms with Crippen LogP contribution in [0.15, 0.2) is 42.6 Å². The normalized spacial score (nSPS) is 13.3. The molecule has 0 unspecified atom stereocenters. The molecule has 0 aliphatic carbocycles. The van der Waals surface area contributed by atoms with Crippen molar-refractivity contribution in [1.29, 1.82) is 0 Å². The standard InChI is InChI=1S/C26H34N2O7/c1-16(2)21(14-20-10-8-7-9-11-20)18(4)35-26(31)17(3)28-25(30)23-24(34-15-33-19(5)29)22(32-6)12-13-27-23/h7-13,16-18,21H,14-15H2,1-6H3,(H,28,30)/t17-,18-,21+/m0/s1. The van der Waals surface area contributed by atoms with Crippen LogP contribution in [0, 0.1) is 11.8 Å². The quantitative estimate of drug-likeness (QED) is 0.358. The predicted octanol–water partition coefficient (Wildman–Crippen LogP) is 3.55. The number of carbonyl (C=O) groups excluding carboxylic acids is 3. The number of benzene rings is 1. The Labute approximate surface area is 206 Å². The molecule has 1 aromatic heterocycles. The highest BCUT2D eigenvalue weighted by Gasteiger charge is 2.28. The summed E-state index contributed by atoms with van der Waals surface area (Å²) in [5.41, 5.74) is 1.05. The smallest absolute Gasteiger partial charge is 0.328 e. The van der Waals surface area contributed by atoms with Gasteiger partial charge in [-0.3, -0.25) is 9.59 Å². The summed E-state index contributed by atoms with van der Waals surface area (Å²) in [4.78, 5) is 40.7. The number of hydrogen-bond donors (Lipinski definition) is 1. The number of nitrogens with one attached hydrogen (secondary N) is 1. The second-order valence-corrected chi connectivity index (χ2v) is 8.52. The van der Waals surface area contributed by atoms with Gasteiger partial charge < -0.3 is 24.3 Å². The van der Waals surface area contributed by atoms with Gasteiger partial charge in [0.25, 0.3) is 5.91 Å². The van der Waals surface area contributed by atoms with Crippen LogP contribution in [-0.4, -0.2) is 48.9 Å². The molecule has 2 aromatic rings. The SMILES string of the molecule is COc1ccnc(C(=O)N[C@@H](C)C(=O)O[C@@H](C)[C@H](Cc2ccccc2)C(C)C)c1OCOC(C)=O. The number of hydrogen-bond acceptors (Lipinski definition) is 8. The number of rotatable bonds is 12. The molecule has 0 saturated heterocycles. The molecule has 2 rings (SSSR count). The lowest BCUT2D eigenvalue weighted by Gasteiger charge is -2.28. The molecule has 0 radical (unpaired) electrons. The average molecular weight is 487 g/mol. The van der Waals surface area contributed by atoms with Crippen molar-refractivity contribution in [2.24, 2.45) is 11.8 Å². The second kappa shape index (κ2) is 13.3. The van der Waals surface area contributed by atoms with Gasteiger partial charge in [0.2, 0.25) is 6.79 Å². The maximum Gasteiger partial charge on any atom is 0.328 e. The van der Waals surface area contributed by atoms with Crippen LogP contribution in [0.3, 0.4) is 0 Å². The average Bonchev–Trinajstić information content (AvgIpc) is 2.82. The highest BCUT2D eigenvalue weighted by atomic mass is 16.7. The van der Waals surface area contributed by atoms with E-state index in [0.717, 1.165) is 6.42 Å². The van der Waals surface area contributed by atoms with Gasteiger partial charge in [0, 0.05) is 25.1 Å². The third kappa shape index (κ3) is 8.27. The molecule has 9 heteroatoms. The minimum absolute atomic E-state index is 0.00887. The Hall–Kier alpha value is -3.62. The molecule has 0 bridgehead atoms. The van der Waals surface area contributed by atoms with E-state index in [0.29, 0.717) is 0 Å². The summed E-state index contributed by atoms with van der Waals surface area (Å²) in [6.45, 7) is 8.39. The number of pyridine rings is 1. The summed E-state index contributed by atoms with van der Waals surface area (Å²) in [7, 11) is 1.40. The van der Waals surface area contributed by atoms with Gasteiger partial charge in [-0.1, -0.05) is 44.2 Å². The first kappa shape index (κ1) is 27.6. The van der Waals surface area contributed by atoms with E-state index in [-0.39, 0.29) is 35.1 Å². The van der Waals surface area contributed by atoms with Gasteiger partial charge in [0.15, 0.2) is 17.2 Å². The molecule has 3 atom stereocenters. The Morgan fingerprint density at radius 1 is 1.03 bits per heavy atom. The third-order valence-corrected chi connectivity index (χ3v) is 5.55. The Bertz CT molecular complexity index is 994. The van der Waals surface area contributed by atoms with Crippen LogP contribution >= 0.6 is 0 Å². The molecule has 0 saturated carbocycles. The lowest BCUT2D eigenvalue weighted by Crippen LogP contribution is -2.42. The van der Waals surface area contributed by atoms with E-state index < -0.39 is 30.7 Å². The van der Waals surface area contributed by atoms with Gasteiger partial charge in [-0.15, -0.1) is 0 Å². The zero-order chi connectivity index (χ0) is 26.0. The Morgan fingerprint density at radius 3 is 2.31 bits per heavy atom. The van der Waals surface area contributed by atoms with Crippen LogP contribution in [0.5, 0.6) is 11.5 Å². The maximum atomic E-state index is 12.9. The fraction of sp³-hybridized carbons (Fsp3) is 0.462. The largest absolute Gasteiger partial charge is 0.493 e. The molecular weight excluding hydrogens is 452 g/mol. The first-order valence-corrected chi connectivity index (χ1v) is 11.5. The van der Waals surface area contributed by atoms with E-state index in [1.165, 1.54) is 38.8 Å². The maximum absolute atomic E-state index is 12.9. The monoisotopic (exact) mass is 486 g/mol. The van der Waals surface area contributed by atoms with Crippen molar-refractivity contribution in [3.8, 4) is 11.5 Å². The number of amides is 1. The van der Waals surface area contributed by atoms with Crippen molar-refractivity contribution >= 4 is 17.8 Å². The van der Waals surface area contributed by atoms with Crippen LogP contribution in [0.25, 0.3) is 0 Å². The predicted molar refractivity (Wildman–Crippen MR) is 129 cm³/mol. The number of ether oxygens (including phenoxy) is 4. The number of aromatic nitrogens is 1. The lowest BCUT2D eigenvalue weighted by molar-refractivity contribution is -0.153. The van der Waals surface area contributed by atoms with Crippen LogP contribution in [-0.2, 0) is 25.5 Å². The molecule has 1 heterocycles. The van der Waals surface area contributed by atoms with Gasteiger partial charge >= 0.3 is 11.9 Å². The fourth-order valence-corrected chi connectivity index (χ4v) is 3.59. The molecule has 1 aromatic carbocycles. The molecule has 35 heavy (non-hydrogen) atoms. The van der Waals surface area contributed by atoms with Crippen molar-refractivity contribution in [2.45, 2.75) is 53.2 Å². The molecule has 0 fully saturated rings. The molecular formula is C26H34N2O7. The van der Waals surface area contributed by atoms with E-state index in [2.05, 4.69) is 36.3 Å². The van der Waals surface area contributed by atoms with Crippen LogP contribution in [0.2, 0.25) is 0 Å². The summed E-state index contributed by atoms with van der Waals surface area (Å²) < 4.78 is 21.1.